The second kappa shape index (κ2) is 10.9. The third-order valence-electron chi connectivity index (χ3n) is 5.20. The monoisotopic (exact) mass is 524 g/mol. The number of nitrogens with zero attached hydrogens (tertiary/aromatic N) is 2. The van der Waals surface area contributed by atoms with E-state index in [4.69, 9.17) is 32.7 Å². The minimum absolute atomic E-state index is 0.0964. The third kappa shape index (κ3) is 5.63. The first-order valence-corrected chi connectivity index (χ1v) is 11.9. The first kappa shape index (κ1) is 24.7. The zero-order chi connectivity index (χ0) is 24.9. The molecule has 1 fully saturated rings. The van der Waals surface area contributed by atoms with E-state index in [1.165, 1.54) is 7.11 Å². The predicted molar refractivity (Wildman–Crippen MR) is 136 cm³/mol. The van der Waals surface area contributed by atoms with Crippen LogP contribution in [0.3, 0.4) is 0 Å². The number of ether oxygens (including phenoxy) is 2. The highest BCUT2D eigenvalue weighted by Crippen LogP contribution is 2.36. The molecule has 0 aliphatic carbocycles. The first-order valence-electron chi connectivity index (χ1n) is 10.4. The maximum Gasteiger partial charge on any atom is 0.293 e. The van der Waals surface area contributed by atoms with Gasteiger partial charge in [0.25, 0.3) is 11.1 Å². The highest BCUT2D eigenvalue weighted by atomic mass is 35.5. The van der Waals surface area contributed by atoms with Crippen molar-refractivity contribution in [2.75, 3.05) is 7.11 Å². The van der Waals surface area contributed by atoms with Gasteiger partial charge >= 0.3 is 0 Å². The highest BCUT2D eigenvalue weighted by molar-refractivity contribution is 8.18. The van der Waals surface area contributed by atoms with E-state index >= 15 is 0 Å². The van der Waals surface area contributed by atoms with Crippen LogP contribution in [0.15, 0.2) is 65.6 Å². The molecule has 0 spiro atoms. The average molecular weight is 525 g/mol. The molecule has 4 rings (SSSR count). The second-order valence-corrected chi connectivity index (χ2v) is 9.29. The number of imide groups is 1. The van der Waals surface area contributed by atoms with Gasteiger partial charge in [-0.1, -0.05) is 53.5 Å². The van der Waals surface area contributed by atoms with E-state index in [-0.39, 0.29) is 18.4 Å². The minimum Gasteiger partial charge on any atom is -0.493 e. The minimum atomic E-state index is -0.390. The lowest BCUT2D eigenvalue weighted by molar-refractivity contribution is -0.123. The van der Waals surface area contributed by atoms with Crippen molar-refractivity contribution in [2.45, 2.75) is 13.2 Å². The van der Waals surface area contributed by atoms with Crippen molar-refractivity contribution in [3.63, 3.8) is 0 Å². The lowest BCUT2D eigenvalue weighted by Crippen LogP contribution is -2.27. The highest BCUT2D eigenvalue weighted by Gasteiger charge is 2.35. The normalized spacial score (nSPS) is 14.3. The van der Waals surface area contributed by atoms with Crippen LogP contribution in [0.25, 0.3) is 6.08 Å². The van der Waals surface area contributed by atoms with Gasteiger partial charge < -0.3 is 9.47 Å². The third-order valence-corrected chi connectivity index (χ3v) is 6.85. The van der Waals surface area contributed by atoms with Crippen LogP contribution >= 0.6 is 35.0 Å². The number of carbonyl (C=O) groups excluding carboxylic acids is 2. The lowest BCUT2D eigenvalue weighted by atomic mass is 10.1. The van der Waals surface area contributed by atoms with Gasteiger partial charge in [-0.05, 0) is 59.3 Å². The van der Waals surface area contributed by atoms with Crippen molar-refractivity contribution in [1.82, 2.24) is 4.90 Å². The molecule has 0 radical (unpaired) electrons. The Morgan fingerprint density at radius 2 is 1.83 bits per heavy atom. The van der Waals surface area contributed by atoms with Crippen LogP contribution in [0.1, 0.15) is 22.3 Å². The number of hydrogen-bond donors (Lipinski definition) is 0. The standard InChI is InChI=1S/C26H18Cl2N2O4S/c1-33-23-11-16(7-9-22(23)34-15-19-5-3-2-4-18(19)13-29)12-24-25(31)30(26(32)35-24)14-17-6-8-20(27)21(28)10-17/h2-12H,14-15H2,1H3/b24-12-. The van der Waals surface area contributed by atoms with Crippen molar-refractivity contribution >= 4 is 52.2 Å². The average Bonchev–Trinajstić information content (AvgIpc) is 3.12. The van der Waals surface area contributed by atoms with Gasteiger partial charge in [-0.15, -0.1) is 0 Å². The first-order chi connectivity index (χ1) is 16.9. The molecule has 6 nitrogen and oxygen atoms in total. The Morgan fingerprint density at radius 1 is 1.03 bits per heavy atom. The van der Waals surface area contributed by atoms with Gasteiger partial charge in [0.2, 0.25) is 0 Å². The summed E-state index contributed by atoms with van der Waals surface area (Å²) in [5, 5.41) is 9.64. The van der Waals surface area contributed by atoms with E-state index in [0.29, 0.717) is 43.1 Å². The Kier molecular flexibility index (Phi) is 7.67. The van der Waals surface area contributed by atoms with Gasteiger partial charge in [-0.25, -0.2) is 0 Å². The summed E-state index contributed by atoms with van der Waals surface area (Å²) in [6.45, 7) is 0.298. The van der Waals surface area contributed by atoms with Gasteiger partial charge in [0, 0.05) is 5.56 Å². The Labute approximate surface area is 216 Å². The molecule has 0 N–H and O–H groups in total. The zero-order valence-corrected chi connectivity index (χ0v) is 20.8. The summed E-state index contributed by atoms with van der Waals surface area (Å²) in [6, 6.07) is 19.5. The summed E-state index contributed by atoms with van der Waals surface area (Å²) < 4.78 is 11.3. The summed E-state index contributed by atoms with van der Waals surface area (Å²) in [5.41, 5.74) is 2.67. The van der Waals surface area contributed by atoms with Crippen molar-refractivity contribution in [3.05, 3.63) is 97.9 Å². The predicted octanol–water partition coefficient (Wildman–Crippen LogP) is 6.69. The number of amides is 2. The fourth-order valence-corrected chi connectivity index (χ4v) is 4.57. The summed E-state index contributed by atoms with van der Waals surface area (Å²) in [5.74, 6) is 0.562. The van der Waals surface area contributed by atoms with Crippen molar-refractivity contribution in [2.24, 2.45) is 0 Å². The molecule has 3 aromatic carbocycles. The van der Waals surface area contributed by atoms with Gasteiger partial charge in [-0.2, -0.15) is 5.26 Å². The molecule has 0 saturated carbocycles. The summed E-state index contributed by atoms with van der Waals surface area (Å²) in [4.78, 5) is 26.8. The molecule has 35 heavy (non-hydrogen) atoms. The molecule has 1 aliphatic rings. The molecule has 0 aromatic heterocycles. The number of thioether (sulfide) groups is 1. The zero-order valence-electron chi connectivity index (χ0n) is 18.5. The number of rotatable bonds is 7. The van der Waals surface area contributed by atoms with Crippen molar-refractivity contribution in [1.29, 1.82) is 5.26 Å². The van der Waals surface area contributed by atoms with Crippen LogP contribution in [-0.2, 0) is 17.9 Å². The molecule has 0 bridgehead atoms. The van der Waals surface area contributed by atoms with E-state index in [9.17, 15) is 14.9 Å². The SMILES string of the molecule is COc1cc(/C=C2\SC(=O)N(Cc3ccc(Cl)c(Cl)c3)C2=O)ccc1OCc1ccccc1C#N. The van der Waals surface area contributed by atoms with Crippen LogP contribution < -0.4 is 9.47 Å². The van der Waals surface area contributed by atoms with E-state index < -0.39 is 5.91 Å². The smallest absolute Gasteiger partial charge is 0.293 e. The number of methoxy groups -OCH3 is 1. The summed E-state index contributed by atoms with van der Waals surface area (Å²) in [6.07, 6.45) is 1.64. The summed E-state index contributed by atoms with van der Waals surface area (Å²) >= 11 is 12.9. The van der Waals surface area contributed by atoms with Crippen molar-refractivity contribution in [3.8, 4) is 17.6 Å². The number of halogens is 2. The molecule has 2 amide bonds. The maximum absolute atomic E-state index is 12.9. The Hall–Kier alpha value is -3.44. The van der Waals surface area contributed by atoms with Crippen LogP contribution in [-0.4, -0.2) is 23.2 Å². The van der Waals surface area contributed by atoms with E-state index in [0.717, 1.165) is 22.2 Å². The van der Waals surface area contributed by atoms with Crippen molar-refractivity contribution < 1.29 is 19.1 Å². The molecule has 3 aromatic rings. The number of benzene rings is 3. The molecular formula is C26H18Cl2N2O4S. The van der Waals surface area contributed by atoms with E-state index in [2.05, 4.69) is 6.07 Å². The molecule has 1 heterocycles. The molecule has 1 aliphatic heterocycles. The largest absolute Gasteiger partial charge is 0.493 e. The fraction of sp³-hybridized carbons (Fsp3) is 0.115. The van der Waals surface area contributed by atoms with E-state index in [1.54, 1.807) is 54.6 Å². The number of hydrogen-bond acceptors (Lipinski definition) is 6. The molecule has 0 atom stereocenters. The lowest BCUT2D eigenvalue weighted by Gasteiger charge is -2.13. The van der Waals surface area contributed by atoms with Crippen LogP contribution in [0, 0.1) is 11.3 Å². The molecule has 9 heteroatoms. The van der Waals surface area contributed by atoms with Gasteiger partial charge in [-0.3, -0.25) is 14.5 Å². The quantitative estimate of drug-likeness (QED) is 0.320. The Bertz CT molecular complexity index is 1380. The number of nitriles is 1. The van der Waals surface area contributed by atoms with Gasteiger partial charge in [0.1, 0.15) is 6.61 Å². The second-order valence-electron chi connectivity index (χ2n) is 7.48. The fourth-order valence-electron chi connectivity index (χ4n) is 3.41. The van der Waals surface area contributed by atoms with E-state index in [1.807, 2.05) is 12.1 Å². The van der Waals surface area contributed by atoms with Crippen LogP contribution in [0.4, 0.5) is 4.79 Å². The molecule has 0 unspecified atom stereocenters. The summed E-state index contributed by atoms with van der Waals surface area (Å²) in [7, 11) is 1.51. The van der Waals surface area contributed by atoms with Gasteiger partial charge in [0.15, 0.2) is 11.5 Å². The number of carbonyl (C=O) groups is 2. The molecular weight excluding hydrogens is 507 g/mol. The maximum atomic E-state index is 12.9. The Morgan fingerprint density at radius 3 is 2.57 bits per heavy atom. The van der Waals surface area contributed by atoms with Crippen LogP contribution in [0.5, 0.6) is 11.5 Å². The molecule has 176 valence electrons. The Balaban J connectivity index is 1.50. The van der Waals surface area contributed by atoms with Gasteiger partial charge in [0.05, 0.1) is 40.2 Å². The van der Waals surface area contributed by atoms with Crippen LogP contribution in [0.2, 0.25) is 10.0 Å². The topological polar surface area (TPSA) is 79.6 Å². The molecule has 1 saturated heterocycles.